The molecule has 1 aliphatic rings. The summed E-state index contributed by atoms with van der Waals surface area (Å²) < 4.78 is 28.0. The zero-order valence-electron chi connectivity index (χ0n) is 15.4. The SMILES string of the molecule is CCc1c(C)nc2cc(C3CCN(Cc4ccc(F)c(F)c4)C3)[nH]n2c1=O. The Bertz CT molecular complexity index is 1060. The van der Waals surface area contributed by atoms with Gasteiger partial charge < -0.3 is 0 Å². The predicted octanol–water partition coefficient (Wildman–Crippen LogP) is 3.16. The molecule has 27 heavy (non-hydrogen) atoms. The van der Waals surface area contributed by atoms with Gasteiger partial charge in [-0.3, -0.25) is 14.8 Å². The van der Waals surface area contributed by atoms with Crippen LogP contribution in [0.1, 0.15) is 41.8 Å². The van der Waals surface area contributed by atoms with Crippen molar-refractivity contribution < 1.29 is 8.78 Å². The second-order valence-electron chi connectivity index (χ2n) is 7.21. The lowest BCUT2D eigenvalue weighted by Gasteiger charge is -2.15. The van der Waals surface area contributed by atoms with Gasteiger partial charge >= 0.3 is 0 Å². The Morgan fingerprint density at radius 3 is 2.81 bits per heavy atom. The van der Waals surface area contributed by atoms with Crippen molar-refractivity contribution in [3.05, 3.63) is 68.8 Å². The molecule has 0 aliphatic carbocycles. The highest BCUT2D eigenvalue weighted by Gasteiger charge is 2.26. The molecule has 0 amide bonds. The van der Waals surface area contributed by atoms with E-state index in [1.54, 1.807) is 6.07 Å². The molecule has 142 valence electrons. The Morgan fingerprint density at radius 1 is 1.26 bits per heavy atom. The fourth-order valence-corrected chi connectivity index (χ4v) is 3.93. The van der Waals surface area contributed by atoms with Gasteiger partial charge in [-0.25, -0.2) is 18.3 Å². The van der Waals surface area contributed by atoms with Crippen LogP contribution in [-0.4, -0.2) is 32.6 Å². The molecular weight excluding hydrogens is 350 g/mol. The Kier molecular flexibility index (Phi) is 4.55. The van der Waals surface area contributed by atoms with Gasteiger partial charge in [0.1, 0.15) is 0 Å². The fraction of sp³-hybridized carbons (Fsp3) is 0.400. The Balaban J connectivity index is 1.54. The van der Waals surface area contributed by atoms with E-state index in [0.717, 1.165) is 42.0 Å². The maximum Gasteiger partial charge on any atom is 0.276 e. The first-order chi connectivity index (χ1) is 13.0. The van der Waals surface area contributed by atoms with Crippen LogP contribution in [0.5, 0.6) is 0 Å². The molecule has 1 aliphatic heterocycles. The van der Waals surface area contributed by atoms with Gasteiger partial charge in [-0.15, -0.1) is 0 Å². The maximum atomic E-state index is 13.4. The van der Waals surface area contributed by atoms with E-state index in [9.17, 15) is 13.6 Å². The minimum Gasteiger partial charge on any atom is -0.298 e. The van der Waals surface area contributed by atoms with E-state index >= 15 is 0 Å². The molecule has 7 heteroatoms. The van der Waals surface area contributed by atoms with Gasteiger partial charge in [-0.1, -0.05) is 13.0 Å². The van der Waals surface area contributed by atoms with E-state index in [1.807, 2.05) is 19.9 Å². The van der Waals surface area contributed by atoms with Crippen LogP contribution < -0.4 is 5.56 Å². The second kappa shape index (κ2) is 6.88. The van der Waals surface area contributed by atoms with Crippen molar-refractivity contribution in [2.45, 2.75) is 39.2 Å². The maximum absolute atomic E-state index is 13.4. The number of nitrogens with one attached hydrogen (secondary N) is 1. The number of likely N-dealkylation sites (tertiary alicyclic amines) is 1. The minimum absolute atomic E-state index is 0.0390. The summed E-state index contributed by atoms with van der Waals surface area (Å²) in [4.78, 5) is 19.3. The van der Waals surface area contributed by atoms with Crippen LogP contribution in [0.25, 0.3) is 5.65 Å². The molecule has 0 radical (unpaired) electrons. The minimum atomic E-state index is -0.823. The fourth-order valence-electron chi connectivity index (χ4n) is 3.93. The lowest BCUT2D eigenvalue weighted by atomic mass is 10.1. The lowest BCUT2D eigenvalue weighted by molar-refractivity contribution is 0.325. The third kappa shape index (κ3) is 3.27. The van der Waals surface area contributed by atoms with E-state index in [2.05, 4.69) is 15.0 Å². The average molecular weight is 372 g/mol. The summed E-state index contributed by atoms with van der Waals surface area (Å²) in [5.41, 5.74) is 3.85. The lowest BCUT2D eigenvalue weighted by Crippen LogP contribution is -2.22. The zero-order chi connectivity index (χ0) is 19.1. The largest absolute Gasteiger partial charge is 0.298 e. The van der Waals surface area contributed by atoms with E-state index in [-0.39, 0.29) is 11.5 Å². The van der Waals surface area contributed by atoms with Gasteiger partial charge in [-0.05, 0) is 44.0 Å². The topological polar surface area (TPSA) is 53.4 Å². The molecule has 1 fully saturated rings. The molecule has 1 unspecified atom stereocenters. The highest BCUT2D eigenvalue weighted by Crippen LogP contribution is 2.28. The van der Waals surface area contributed by atoms with Crippen LogP contribution in [0, 0.1) is 18.6 Å². The molecule has 5 nitrogen and oxygen atoms in total. The highest BCUT2D eigenvalue weighted by atomic mass is 19.2. The third-order valence-corrected chi connectivity index (χ3v) is 5.39. The summed E-state index contributed by atoms with van der Waals surface area (Å²) in [5.74, 6) is -1.39. The van der Waals surface area contributed by atoms with Gasteiger partial charge in [-0.2, -0.15) is 0 Å². The smallest absolute Gasteiger partial charge is 0.276 e. The highest BCUT2D eigenvalue weighted by molar-refractivity contribution is 5.42. The van der Waals surface area contributed by atoms with Gasteiger partial charge in [0.2, 0.25) is 0 Å². The molecule has 1 saturated heterocycles. The summed E-state index contributed by atoms with van der Waals surface area (Å²) in [6.45, 7) is 6.05. The van der Waals surface area contributed by atoms with Crippen molar-refractivity contribution in [3.8, 4) is 0 Å². The molecule has 3 heterocycles. The standard InChI is InChI=1S/C20H22F2N4O/c1-3-15-12(2)23-19-9-18(24-26(19)20(15)27)14-6-7-25(11-14)10-13-4-5-16(21)17(22)8-13/h4-5,8-9,14,24H,3,6-7,10-11H2,1-2H3. The molecular formula is C20H22F2N4O. The van der Waals surface area contributed by atoms with Crippen LogP contribution in [0.4, 0.5) is 8.78 Å². The van der Waals surface area contributed by atoms with Gasteiger partial charge in [0.05, 0.1) is 0 Å². The van der Waals surface area contributed by atoms with Crippen molar-refractivity contribution >= 4 is 5.65 Å². The number of fused-ring (bicyclic) bond motifs is 1. The summed E-state index contributed by atoms with van der Waals surface area (Å²) >= 11 is 0. The normalized spacial score (nSPS) is 17.9. The number of aromatic amines is 1. The molecule has 1 atom stereocenters. The number of H-pyrrole nitrogens is 1. The van der Waals surface area contributed by atoms with E-state index < -0.39 is 11.6 Å². The van der Waals surface area contributed by atoms with Crippen molar-refractivity contribution in [1.82, 2.24) is 19.5 Å². The molecule has 0 bridgehead atoms. The van der Waals surface area contributed by atoms with Crippen LogP contribution in [0.15, 0.2) is 29.1 Å². The van der Waals surface area contributed by atoms with Crippen molar-refractivity contribution in [2.75, 3.05) is 13.1 Å². The van der Waals surface area contributed by atoms with E-state index in [1.165, 1.54) is 16.6 Å². The summed E-state index contributed by atoms with van der Waals surface area (Å²) in [5, 5.41) is 3.21. The molecule has 0 saturated carbocycles. The van der Waals surface area contributed by atoms with Gasteiger partial charge in [0.15, 0.2) is 17.3 Å². The van der Waals surface area contributed by atoms with Crippen LogP contribution in [0.3, 0.4) is 0 Å². The van der Waals surface area contributed by atoms with Gasteiger partial charge in [0.25, 0.3) is 5.56 Å². The Morgan fingerprint density at radius 2 is 2.07 bits per heavy atom. The van der Waals surface area contributed by atoms with E-state index in [4.69, 9.17) is 0 Å². The number of aryl methyl sites for hydroxylation is 1. The van der Waals surface area contributed by atoms with Gasteiger partial charge in [0, 0.05) is 42.0 Å². The summed E-state index contributed by atoms with van der Waals surface area (Å²) in [6.07, 6.45) is 1.59. The summed E-state index contributed by atoms with van der Waals surface area (Å²) in [6, 6.07) is 5.98. The van der Waals surface area contributed by atoms with Crippen LogP contribution >= 0.6 is 0 Å². The predicted molar refractivity (Wildman–Crippen MR) is 98.9 cm³/mol. The first-order valence-corrected chi connectivity index (χ1v) is 9.23. The van der Waals surface area contributed by atoms with Crippen LogP contribution in [0.2, 0.25) is 0 Å². The molecule has 1 N–H and O–H groups in total. The van der Waals surface area contributed by atoms with Crippen LogP contribution in [-0.2, 0) is 13.0 Å². The first kappa shape index (κ1) is 17.9. The van der Waals surface area contributed by atoms with Crippen molar-refractivity contribution in [3.63, 3.8) is 0 Å². The molecule has 1 aromatic carbocycles. The van der Waals surface area contributed by atoms with E-state index in [0.29, 0.717) is 18.6 Å². The molecule has 0 spiro atoms. The molecule has 2 aromatic heterocycles. The quantitative estimate of drug-likeness (QED) is 0.765. The summed E-state index contributed by atoms with van der Waals surface area (Å²) in [7, 11) is 0. The molecule has 4 rings (SSSR count). The number of hydrogen-bond donors (Lipinski definition) is 1. The number of halogens is 2. The third-order valence-electron chi connectivity index (χ3n) is 5.39. The number of benzene rings is 1. The Labute approximate surface area is 155 Å². The number of hydrogen-bond acceptors (Lipinski definition) is 3. The monoisotopic (exact) mass is 372 g/mol. The second-order valence-corrected chi connectivity index (χ2v) is 7.21. The zero-order valence-corrected chi connectivity index (χ0v) is 15.4. The molecule has 3 aromatic rings. The van der Waals surface area contributed by atoms with Crippen molar-refractivity contribution in [1.29, 1.82) is 0 Å². The number of rotatable bonds is 4. The average Bonchev–Trinajstić information content (AvgIpc) is 3.25. The number of nitrogens with zero attached hydrogens (tertiary/aromatic N) is 3. The Hall–Kier alpha value is -2.54. The first-order valence-electron chi connectivity index (χ1n) is 9.23. The van der Waals surface area contributed by atoms with Crippen molar-refractivity contribution in [2.24, 2.45) is 0 Å². The number of aromatic nitrogens is 3.